The first-order chi connectivity index (χ1) is 5.65. The molecule has 1 saturated heterocycles. The predicted molar refractivity (Wildman–Crippen MR) is 49.0 cm³/mol. The fraction of sp³-hybridized carbons (Fsp3) is 0.889. The highest BCUT2D eigenvalue weighted by molar-refractivity contribution is 5.79. The number of hydrogen-bond donors (Lipinski definition) is 0. The highest BCUT2D eigenvalue weighted by Crippen LogP contribution is 2.06. The van der Waals surface area contributed by atoms with Gasteiger partial charge >= 0.3 is 0 Å². The molecule has 3 nitrogen and oxygen atoms in total. The smallest absolute Gasteiger partial charge is 0.236 e. The Morgan fingerprint density at radius 3 is 2.50 bits per heavy atom. The third-order valence-electron chi connectivity index (χ3n) is 2.46. The van der Waals surface area contributed by atoms with Gasteiger partial charge in [-0.3, -0.25) is 9.69 Å². The first-order valence-corrected chi connectivity index (χ1v) is 4.67. The van der Waals surface area contributed by atoms with Crippen molar-refractivity contribution in [2.75, 3.05) is 26.2 Å². The van der Waals surface area contributed by atoms with Crippen molar-refractivity contribution < 1.29 is 4.79 Å². The second-order valence-corrected chi connectivity index (χ2v) is 3.54. The van der Waals surface area contributed by atoms with E-state index in [2.05, 4.69) is 18.7 Å². The molecular weight excluding hydrogens is 152 g/mol. The Bertz CT molecular complexity index is 168. The Labute approximate surface area is 74.3 Å². The van der Waals surface area contributed by atoms with Gasteiger partial charge in [-0.05, 0) is 20.8 Å². The van der Waals surface area contributed by atoms with Gasteiger partial charge in [0, 0.05) is 25.7 Å². The Balaban J connectivity index is 2.46. The molecule has 70 valence electrons. The summed E-state index contributed by atoms with van der Waals surface area (Å²) in [5.74, 6) is 0.275. The summed E-state index contributed by atoms with van der Waals surface area (Å²) in [6.07, 6.45) is 0. The average Bonchev–Trinajstić information content (AvgIpc) is 2.04. The summed E-state index contributed by atoms with van der Waals surface area (Å²) in [7, 11) is 0. The summed E-state index contributed by atoms with van der Waals surface area (Å²) in [4.78, 5) is 15.6. The zero-order valence-electron chi connectivity index (χ0n) is 8.21. The molecule has 12 heavy (non-hydrogen) atoms. The van der Waals surface area contributed by atoms with Crippen molar-refractivity contribution in [3.63, 3.8) is 0 Å². The van der Waals surface area contributed by atoms with Gasteiger partial charge in [-0.15, -0.1) is 0 Å². The van der Waals surface area contributed by atoms with Crippen molar-refractivity contribution in [2.45, 2.75) is 26.8 Å². The summed E-state index contributed by atoms with van der Waals surface area (Å²) in [6, 6.07) is 0.493. The molecule has 1 rings (SSSR count). The van der Waals surface area contributed by atoms with Gasteiger partial charge in [0.2, 0.25) is 5.91 Å². The van der Waals surface area contributed by atoms with Crippen LogP contribution in [0.15, 0.2) is 0 Å². The zero-order valence-corrected chi connectivity index (χ0v) is 8.21. The van der Waals surface area contributed by atoms with E-state index < -0.39 is 0 Å². The monoisotopic (exact) mass is 170 g/mol. The molecule has 0 atom stereocenters. The molecule has 3 heteroatoms. The summed E-state index contributed by atoms with van der Waals surface area (Å²) in [6.45, 7) is 9.67. The summed E-state index contributed by atoms with van der Waals surface area (Å²) in [5.41, 5.74) is 0. The lowest BCUT2D eigenvalue weighted by atomic mass is 10.2. The van der Waals surface area contributed by atoms with Gasteiger partial charge in [-0.25, -0.2) is 0 Å². The number of amides is 1. The maximum atomic E-state index is 11.4. The van der Waals surface area contributed by atoms with Crippen LogP contribution in [0, 0.1) is 0 Å². The molecule has 0 bridgehead atoms. The van der Waals surface area contributed by atoms with E-state index in [1.807, 2.05) is 11.8 Å². The second-order valence-electron chi connectivity index (χ2n) is 3.54. The second kappa shape index (κ2) is 3.90. The van der Waals surface area contributed by atoms with E-state index in [-0.39, 0.29) is 5.91 Å². The maximum Gasteiger partial charge on any atom is 0.236 e. The number of hydrogen-bond acceptors (Lipinski definition) is 2. The molecule has 1 aliphatic heterocycles. The van der Waals surface area contributed by atoms with E-state index >= 15 is 0 Å². The van der Waals surface area contributed by atoms with E-state index in [9.17, 15) is 4.79 Å². The lowest BCUT2D eigenvalue weighted by Gasteiger charge is -2.35. The molecule has 0 spiro atoms. The topological polar surface area (TPSA) is 23.6 Å². The number of rotatable bonds is 2. The van der Waals surface area contributed by atoms with Gasteiger partial charge in [-0.1, -0.05) is 0 Å². The predicted octanol–water partition coefficient (Wildman–Crippen LogP) is 0.559. The molecule has 0 N–H and O–H groups in total. The minimum atomic E-state index is 0.275. The quantitative estimate of drug-likeness (QED) is 0.604. The number of likely N-dealkylation sites (N-methyl/N-ethyl adjacent to an activating group) is 1. The molecule has 0 unspecified atom stereocenters. The minimum Gasteiger partial charge on any atom is -0.341 e. The van der Waals surface area contributed by atoms with E-state index in [4.69, 9.17) is 0 Å². The van der Waals surface area contributed by atoms with Crippen LogP contribution in [-0.2, 0) is 4.79 Å². The Morgan fingerprint density at radius 2 is 2.08 bits per heavy atom. The standard InChI is InChI=1S/C9H18N2O/c1-4-10-5-6-11(8(2)3)7-9(10)12/h8H,4-7H2,1-3H3. The lowest BCUT2D eigenvalue weighted by Crippen LogP contribution is -2.52. The van der Waals surface area contributed by atoms with Crippen LogP contribution in [0.3, 0.4) is 0 Å². The Kier molecular flexibility index (Phi) is 3.09. The van der Waals surface area contributed by atoms with Gasteiger partial charge in [0.25, 0.3) is 0 Å². The molecule has 0 aromatic rings. The molecule has 1 heterocycles. The van der Waals surface area contributed by atoms with Crippen molar-refractivity contribution in [2.24, 2.45) is 0 Å². The van der Waals surface area contributed by atoms with Crippen LogP contribution in [0.25, 0.3) is 0 Å². The van der Waals surface area contributed by atoms with Gasteiger partial charge < -0.3 is 4.90 Å². The third kappa shape index (κ3) is 1.97. The Hall–Kier alpha value is -0.570. The van der Waals surface area contributed by atoms with Crippen molar-refractivity contribution >= 4 is 5.91 Å². The molecule has 1 aliphatic rings. The maximum absolute atomic E-state index is 11.4. The number of nitrogens with zero attached hydrogens (tertiary/aromatic N) is 2. The fourth-order valence-electron chi connectivity index (χ4n) is 1.50. The first-order valence-electron chi connectivity index (χ1n) is 4.67. The van der Waals surface area contributed by atoms with Gasteiger partial charge in [0.1, 0.15) is 0 Å². The number of carbonyl (C=O) groups excluding carboxylic acids is 1. The Morgan fingerprint density at radius 1 is 1.42 bits per heavy atom. The fourth-order valence-corrected chi connectivity index (χ4v) is 1.50. The van der Waals surface area contributed by atoms with Crippen LogP contribution in [0.5, 0.6) is 0 Å². The molecule has 0 aromatic carbocycles. The summed E-state index contributed by atoms with van der Waals surface area (Å²) in [5, 5.41) is 0. The van der Waals surface area contributed by atoms with Crippen LogP contribution < -0.4 is 0 Å². The average molecular weight is 170 g/mol. The van der Waals surface area contributed by atoms with Crippen LogP contribution in [-0.4, -0.2) is 47.9 Å². The van der Waals surface area contributed by atoms with Gasteiger partial charge in [-0.2, -0.15) is 0 Å². The molecule has 1 fully saturated rings. The van der Waals surface area contributed by atoms with Crippen molar-refractivity contribution in [1.82, 2.24) is 9.80 Å². The zero-order chi connectivity index (χ0) is 9.14. The SMILES string of the molecule is CCN1CCN(C(C)C)CC1=O. The van der Waals surface area contributed by atoms with Crippen LogP contribution in [0.2, 0.25) is 0 Å². The highest BCUT2D eigenvalue weighted by atomic mass is 16.2. The van der Waals surface area contributed by atoms with Crippen molar-refractivity contribution in [3.8, 4) is 0 Å². The van der Waals surface area contributed by atoms with Crippen molar-refractivity contribution in [1.29, 1.82) is 0 Å². The van der Waals surface area contributed by atoms with E-state index in [0.29, 0.717) is 12.6 Å². The van der Waals surface area contributed by atoms with Gasteiger partial charge in [0.15, 0.2) is 0 Å². The van der Waals surface area contributed by atoms with E-state index in [1.165, 1.54) is 0 Å². The normalized spacial score (nSPS) is 20.7. The number of piperazine rings is 1. The molecular formula is C9H18N2O. The van der Waals surface area contributed by atoms with Crippen LogP contribution >= 0.6 is 0 Å². The number of carbonyl (C=O) groups is 1. The highest BCUT2D eigenvalue weighted by Gasteiger charge is 2.23. The summed E-state index contributed by atoms with van der Waals surface area (Å²) < 4.78 is 0. The third-order valence-corrected chi connectivity index (χ3v) is 2.46. The van der Waals surface area contributed by atoms with Gasteiger partial charge in [0.05, 0.1) is 6.54 Å². The molecule has 1 amide bonds. The van der Waals surface area contributed by atoms with Crippen molar-refractivity contribution in [3.05, 3.63) is 0 Å². The molecule has 0 saturated carbocycles. The summed E-state index contributed by atoms with van der Waals surface area (Å²) >= 11 is 0. The largest absolute Gasteiger partial charge is 0.341 e. The minimum absolute atomic E-state index is 0.275. The van der Waals surface area contributed by atoms with Crippen LogP contribution in [0.4, 0.5) is 0 Å². The van der Waals surface area contributed by atoms with E-state index in [0.717, 1.165) is 19.6 Å². The molecule has 0 radical (unpaired) electrons. The molecule has 0 aromatic heterocycles. The lowest BCUT2D eigenvalue weighted by molar-refractivity contribution is -0.136. The van der Waals surface area contributed by atoms with E-state index in [1.54, 1.807) is 0 Å². The molecule has 0 aliphatic carbocycles. The van der Waals surface area contributed by atoms with Crippen LogP contribution in [0.1, 0.15) is 20.8 Å². The first kappa shape index (κ1) is 9.52.